The van der Waals surface area contributed by atoms with Gasteiger partial charge in [0.1, 0.15) is 11.5 Å². The van der Waals surface area contributed by atoms with E-state index in [9.17, 15) is 0 Å². The zero-order valence-electron chi connectivity index (χ0n) is 9.71. The summed E-state index contributed by atoms with van der Waals surface area (Å²) >= 11 is 5.99. The van der Waals surface area contributed by atoms with Crippen LogP contribution >= 0.6 is 11.6 Å². The van der Waals surface area contributed by atoms with Crippen molar-refractivity contribution in [3.63, 3.8) is 0 Å². The molecule has 0 aliphatic carbocycles. The molecule has 90 valence electrons. The molecule has 0 aromatic heterocycles. The van der Waals surface area contributed by atoms with Crippen LogP contribution in [0.15, 0.2) is 12.1 Å². The van der Waals surface area contributed by atoms with Crippen LogP contribution in [0.3, 0.4) is 0 Å². The molecule has 1 atom stereocenters. The second-order valence-electron chi connectivity index (χ2n) is 3.47. The molecular formula is C11H17ClN2O2. The van der Waals surface area contributed by atoms with Gasteiger partial charge in [-0.05, 0) is 6.92 Å². The van der Waals surface area contributed by atoms with Gasteiger partial charge in [-0.1, -0.05) is 11.6 Å². The number of hydrogen-bond acceptors (Lipinski definition) is 4. The number of nitrogens with one attached hydrogen (secondary N) is 1. The Morgan fingerprint density at radius 2 is 1.94 bits per heavy atom. The molecule has 1 rings (SSSR count). The number of ether oxygens (including phenoxy) is 2. The van der Waals surface area contributed by atoms with Gasteiger partial charge in [0.25, 0.3) is 0 Å². The summed E-state index contributed by atoms with van der Waals surface area (Å²) in [5.41, 5.74) is 6.37. The summed E-state index contributed by atoms with van der Waals surface area (Å²) in [6.07, 6.45) is 0. The van der Waals surface area contributed by atoms with E-state index in [-0.39, 0.29) is 6.04 Å². The monoisotopic (exact) mass is 244 g/mol. The smallest absolute Gasteiger partial charge is 0.143 e. The Labute approximate surface area is 101 Å². The standard InChI is InChI=1S/C11H17ClN2O2/c1-7(6-13)14-9-5-10(15-2)8(12)4-11(9)16-3/h4-5,7,14H,6,13H2,1-3H3. The van der Waals surface area contributed by atoms with Crippen LogP contribution in [0.2, 0.25) is 5.02 Å². The fraction of sp³-hybridized carbons (Fsp3) is 0.455. The normalized spacial score (nSPS) is 12.1. The maximum absolute atomic E-state index is 5.99. The highest BCUT2D eigenvalue weighted by atomic mass is 35.5. The molecule has 0 saturated carbocycles. The van der Waals surface area contributed by atoms with E-state index in [0.29, 0.717) is 23.1 Å². The molecule has 0 radical (unpaired) electrons. The predicted molar refractivity (Wildman–Crippen MR) is 66.7 cm³/mol. The van der Waals surface area contributed by atoms with Crippen molar-refractivity contribution in [3.05, 3.63) is 17.2 Å². The molecule has 0 fully saturated rings. The number of hydrogen-bond donors (Lipinski definition) is 2. The van der Waals surface area contributed by atoms with E-state index < -0.39 is 0 Å². The van der Waals surface area contributed by atoms with Gasteiger partial charge in [-0.25, -0.2) is 0 Å². The number of rotatable bonds is 5. The van der Waals surface area contributed by atoms with Gasteiger partial charge in [0, 0.05) is 24.7 Å². The van der Waals surface area contributed by atoms with Gasteiger partial charge >= 0.3 is 0 Å². The van der Waals surface area contributed by atoms with Crippen LogP contribution in [0.4, 0.5) is 5.69 Å². The first-order valence-electron chi connectivity index (χ1n) is 5.00. The first kappa shape index (κ1) is 12.9. The molecule has 0 bridgehead atoms. The van der Waals surface area contributed by atoms with Crippen LogP contribution in [-0.2, 0) is 0 Å². The fourth-order valence-electron chi connectivity index (χ4n) is 1.30. The Bertz CT molecular complexity index is 358. The number of benzene rings is 1. The SMILES string of the molecule is COc1cc(NC(C)CN)c(OC)cc1Cl. The summed E-state index contributed by atoms with van der Waals surface area (Å²) < 4.78 is 10.4. The molecular weight excluding hydrogens is 228 g/mol. The van der Waals surface area contributed by atoms with E-state index in [1.165, 1.54) is 0 Å². The van der Waals surface area contributed by atoms with E-state index in [1.54, 1.807) is 26.4 Å². The zero-order valence-corrected chi connectivity index (χ0v) is 10.5. The highest BCUT2D eigenvalue weighted by Gasteiger charge is 2.11. The molecule has 0 heterocycles. The van der Waals surface area contributed by atoms with Crippen LogP contribution in [0, 0.1) is 0 Å². The molecule has 0 aliphatic heterocycles. The molecule has 0 aliphatic rings. The van der Waals surface area contributed by atoms with Crippen molar-refractivity contribution >= 4 is 17.3 Å². The van der Waals surface area contributed by atoms with Gasteiger partial charge in [-0.15, -0.1) is 0 Å². The molecule has 0 amide bonds. The van der Waals surface area contributed by atoms with Crippen LogP contribution < -0.4 is 20.5 Å². The molecule has 4 nitrogen and oxygen atoms in total. The summed E-state index contributed by atoms with van der Waals surface area (Å²) in [7, 11) is 3.17. The van der Waals surface area contributed by atoms with Crippen molar-refractivity contribution in [2.75, 3.05) is 26.1 Å². The first-order valence-corrected chi connectivity index (χ1v) is 5.38. The van der Waals surface area contributed by atoms with Crippen molar-refractivity contribution in [2.24, 2.45) is 5.73 Å². The van der Waals surface area contributed by atoms with Gasteiger partial charge in [0.05, 0.1) is 24.9 Å². The van der Waals surface area contributed by atoms with Gasteiger partial charge < -0.3 is 20.5 Å². The molecule has 1 unspecified atom stereocenters. The fourth-order valence-corrected chi connectivity index (χ4v) is 1.53. The largest absolute Gasteiger partial charge is 0.495 e. The summed E-state index contributed by atoms with van der Waals surface area (Å²) in [5.74, 6) is 1.28. The van der Waals surface area contributed by atoms with Gasteiger partial charge in [-0.2, -0.15) is 0 Å². The minimum atomic E-state index is 0.153. The lowest BCUT2D eigenvalue weighted by atomic mass is 10.2. The Kier molecular flexibility index (Phi) is 4.71. The average molecular weight is 245 g/mol. The van der Waals surface area contributed by atoms with Gasteiger partial charge in [0.2, 0.25) is 0 Å². The quantitative estimate of drug-likeness (QED) is 0.833. The van der Waals surface area contributed by atoms with E-state index >= 15 is 0 Å². The highest BCUT2D eigenvalue weighted by molar-refractivity contribution is 6.32. The summed E-state index contributed by atoms with van der Waals surface area (Å²) in [6.45, 7) is 2.52. The Morgan fingerprint density at radius 3 is 2.44 bits per heavy atom. The zero-order chi connectivity index (χ0) is 12.1. The summed E-state index contributed by atoms with van der Waals surface area (Å²) in [4.78, 5) is 0. The Balaban J connectivity index is 3.04. The van der Waals surface area contributed by atoms with Crippen molar-refractivity contribution < 1.29 is 9.47 Å². The molecule has 0 spiro atoms. The van der Waals surface area contributed by atoms with Crippen LogP contribution in [0.5, 0.6) is 11.5 Å². The lowest BCUT2D eigenvalue weighted by Crippen LogP contribution is -2.25. The number of halogens is 1. The highest BCUT2D eigenvalue weighted by Crippen LogP contribution is 2.36. The minimum Gasteiger partial charge on any atom is -0.495 e. The summed E-state index contributed by atoms with van der Waals surface area (Å²) in [5, 5.41) is 3.74. The predicted octanol–water partition coefficient (Wildman–Crippen LogP) is 2.12. The van der Waals surface area contributed by atoms with Crippen LogP contribution in [0.1, 0.15) is 6.92 Å². The molecule has 1 aromatic rings. The Hall–Kier alpha value is -1.13. The lowest BCUT2D eigenvalue weighted by molar-refractivity contribution is 0.404. The number of methoxy groups -OCH3 is 2. The third-order valence-electron chi connectivity index (χ3n) is 2.23. The first-order chi connectivity index (χ1) is 7.62. The Morgan fingerprint density at radius 1 is 1.31 bits per heavy atom. The number of anilines is 1. The molecule has 16 heavy (non-hydrogen) atoms. The van der Waals surface area contributed by atoms with E-state index in [1.807, 2.05) is 6.92 Å². The third kappa shape index (κ3) is 2.93. The van der Waals surface area contributed by atoms with Crippen LogP contribution in [-0.4, -0.2) is 26.8 Å². The molecule has 1 aromatic carbocycles. The number of nitrogens with two attached hydrogens (primary N) is 1. The topological polar surface area (TPSA) is 56.5 Å². The van der Waals surface area contributed by atoms with Crippen molar-refractivity contribution in [2.45, 2.75) is 13.0 Å². The molecule has 0 saturated heterocycles. The second-order valence-corrected chi connectivity index (χ2v) is 3.88. The van der Waals surface area contributed by atoms with E-state index in [4.69, 9.17) is 26.8 Å². The summed E-state index contributed by atoms with van der Waals surface area (Å²) in [6, 6.07) is 3.67. The maximum Gasteiger partial charge on any atom is 0.143 e. The molecule has 5 heteroatoms. The van der Waals surface area contributed by atoms with Crippen LogP contribution in [0.25, 0.3) is 0 Å². The second kappa shape index (κ2) is 5.82. The lowest BCUT2D eigenvalue weighted by Gasteiger charge is -2.17. The average Bonchev–Trinajstić information content (AvgIpc) is 2.30. The van der Waals surface area contributed by atoms with Crippen molar-refractivity contribution in [1.82, 2.24) is 0 Å². The van der Waals surface area contributed by atoms with E-state index in [0.717, 1.165) is 5.69 Å². The van der Waals surface area contributed by atoms with Gasteiger partial charge in [0.15, 0.2) is 0 Å². The van der Waals surface area contributed by atoms with E-state index in [2.05, 4.69) is 5.32 Å². The van der Waals surface area contributed by atoms with Crippen molar-refractivity contribution in [3.8, 4) is 11.5 Å². The third-order valence-corrected chi connectivity index (χ3v) is 2.52. The van der Waals surface area contributed by atoms with Crippen molar-refractivity contribution in [1.29, 1.82) is 0 Å². The minimum absolute atomic E-state index is 0.153. The maximum atomic E-state index is 5.99. The van der Waals surface area contributed by atoms with Gasteiger partial charge in [-0.3, -0.25) is 0 Å². The molecule has 3 N–H and O–H groups in total.